The van der Waals surface area contributed by atoms with Crippen molar-refractivity contribution in [2.24, 2.45) is 0 Å². The SMILES string of the molecule is COC(=O)CC[C@H](C(=O)OC)N1CCNCCN([C@H](CCC(=O)OC)C(=O)OC)Cc2cccc(n2)C1. The van der Waals surface area contributed by atoms with Crippen molar-refractivity contribution >= 4 is 23.9 Å². The Morgan fingerprint density at radius 2 is 1.22 bits per heavy atom. The molecule has 0 aliphatic carbocycles. The smallest absolute Gasteiger partial charge is 0.323 e. The van der Waals surface area contributed by atoms with Crippen molar-refractivity contribution in [3.8, 4) is 0 Å². The normalized spacial score (nSPS) is 16.9. The van der Waals surface area contributed by atoms with Crippen molar-refractivity contribution < 1.29 is 38.1 Å². The average molecular weight is 523 g/mol. The summed E-state index contributed by atoms with van der Waals surface area (Å²) in [6.07, 6.45) is 0.688. The first-order valence-electron chi connectivity index (χ1n) is 12.3. The number of hydrogen-bond acceptors (Lipinski definition) is 12. The third-order valence-corrected chi connectivity index (χ3v) is 6.27. The number of hydrogen-bond donors (Lipinski definition) is 1. The number of carbonyl (C=O) groups excluding carboxylic acids is 4. The van der Waals surface area contributed by atoms with Crippen LogP contribution in [0.25, 0.3) is 0 Å². The van der Waals surface area contributed by atoms with Gasteiger partial charge in [0.2, 0.25) is 0 Å². The molecule has 0 saturated carbocycles. The van der Waals surface area contributed by atoms with Gasteiger partial charge in [-0.2, -0.15) is 0 Å². The third kappa shape index (κ3) is 9.71. The van der Waals surface area contributed by atoms with Gasteiger partial charge >= 0.3 is 23.9 Å². The molecule has 2 bridgehead atoms. The van der Waals surface area contributed by atoms with Crippen LogP contribution in [-0.4, -0.2) is 105 Å². The molecule has 0 amide bonds. The number of methoxy groups -OCH3 is 4. The highest BCUT2D eigenvalue weighted by molar-refractivity contribution is 5.78. The van der Waals surface area contributed by atoms with Gasteiger partial charge in [-0.15, -0.1) is 0 Å². The molecule has 1 aromatic rings. The average Bonchev–Trinajstić information content (AvgIpc) is 2.91. The Bertz CT molecular complexity index is 845. The number of fused-ring (bicyclic) bond motifs is 2. The first-order chi connectivity index (χ1) is 17.8. The molecule has 1 aliphatic heterocycles. The summed E-state index contributed by atoms with van der Waals surface area (Å²) < 4.78 is 19.5. The predicted molar refractivity (Wildman–Crippen MR) is 132 cm³/mol. The lowest BCUT2D eigenvalue weighted by atomic mass is 10.1. The summed E-state index contributed by atoms with van der Waals surface area (Å²) in [6, 6.07) is 4.32. The number of rotatable bonds is 10. The largest absolute Gasteiger partial charge is 0.469 e. The second-order valence-corrected chi connectivity index (χ2v) is 8.62. The van der Waals surface area contributed by atoms with Gasteiger partial charge in [-0.25, -0.2) is 0 Å². The molecule has 1 N–H and O–H groups in total. The lowest BCUT2D eigenvalue weighted by Crippen LogP contribution is -2.47. The van der Waals surface area contributed by atoms with Gasteiger partial charge in [0.05, 0.1) is 39.8 Å². The Labute approximate surface area is 217 Å². The van der Waals surface area contributed by atoms with Crippen molar-refractivity contribution in [2.45, 2.75) is 50.9 Å². The Hall–Kier alpha value is -3.09. The molecule has 37 heavy (non-hydrogen) atoms. The molecule has 2 heterocycles. The monoisotopic (exact) mass is 522 g/mol. The van der Waals surface area contributed by atoms with E-state index in [-0.39, 0.29) is 25.7 Å². The summed E-state index contributed by atoms with van der Waals surface area (Å²) in [6.45, 7) is 2.80. The van der Waals surface area contributed by atoms with Crippen LogP contribution in [0.1, 0.15) is 37.1 Å². The maximum Gasteiger partial charge on any atom is 0.323 e. The van der Waals surface area contributed by atoms with Crippen molar-refractivity contribution in [1.29, 1.82) is 0 Å². The van der Waals surface area contributed by atoms with E-state index in [9.17, 15) is 19.2 Å². The van der Waals surface area contributed by atoms with Gasteiger partial charge in [0.25, 0.3) is 0 Å². The van der Waals surface area contributed by atoms with Crippen LogP contribution in [0, 0.1) is 0 Å². The molecule has 0 spiro atoms. The van der Waals surface area contributed by atoms with Gasteiger partial charge in [0, 0.05) is 52.1 Å². The second kappa shape index (κ2) is 15.9. The van der Waals surface area contributed by atoms with E-state index in [4.69, 9.17) is 23.9 Å². The minimum atomic E-state index is -0.641. The summed E-state index contributed by atoms with van der Waals surface area (Å²) in [5, 5.41) is 3.36. The molecular weight excluding hydrogens is 484 g/mol. The summed E-state index contributed by atoms with van der Waals surface area (Å²) in [4.78, 5) is 57.4. The van der Waals surface area contributed by atoms with Gasteiger partial charge in [0.15, 0.2) is 0 Å². The highest BCUT2D eigenvalue weighted by Crippen LogP contribution is 2.17. The van der Waals surface area contributed by atoms with Crippen LogP contribution in [0.2, 0.25) is 0 Å². The highest BCUT2D eigenvalue weighted by Gasteiger charge is 2.30. The number of aromatic nitrogens is 1. The molecule has 2 atom stereocenters. The van der Waals surface area contributed by atoms with Crippen LogP contribution in [-0.2, 0) is 51.2 Å². The van der Waals surface area contributed by atoms with Crippen LogP contribution in [0.5, 0.6) is 0 Å². The molecule has 206 valence electrons. The lowest BCUT2D eigenvalue weighted by Gasteiger charge is -2.32. The lowest BCUT2D eigenvalue weighted by molar-refractivity contribution is -0.150. The molecule has 12 nitrogen and oxygen atoms in total. The van der Waals surface area contributed by atoms with E-state index in [2.05, 4.69) is 5.32 Å². The Balaban J connectivity index is 2.29. The third-order valence-electron chi connectivity index (χ3n) is 6.27. The minimum Gasteiger partial charge on any atom is -0.469 e. The minimum absolute atomic E-state index is 0.0864. The zero-order valence-electron chi connectivity index (χ0n) is 22.1. The van der Waals surface area contributed by atoms with Gasteiger partial charge in [0.1, 0.15) is 12.1 Å². The van der Waals surface area contributed by atoms with Crippen LogP contribution in [0.4, 0.5) is 0 Å². The van der Waals surface area contributed by atoms with E-state index in [0.29, 0.717) is 39.3 Å². The molecular formula is C25H38N4O8. The fourth-order valence-corrected chi connectivity index (χ4v) is 4.27. The molecule has 1 aliphatic rings. The topological polar surface area (TPSA) is 137 Å². The summed E-state index contributed by atoms with van der Waals surface area (Å²) >= 11 is 0. The first kappa shape index (κ1) is 30.1. The maximum atomic E-state index is 12.6. The Morgan fingerprint density at radius 3 is 1.59 bits per heavy atom. The van der Waals surface area contributed by atoms with Crippen LogP contribution < -0.4 is 5.32 Å². The molecule has 12 heteroatoms. The van der Waals surface area contributed by atoms with E-state index in [1.165, 1.54) is 28.4 Å². The summed E-state index contributed by atoms with van der Waals surface area (Å²) in [5.74, 6) is -1.64. The van der Waals surface area contributed by atoms with Gasteiger partial charge in [-0.1, -0.05) is 6.07 Å². The molecule has 0 radical (unpaired) electrons. The zero-order chi connectivity index (χ0) is 27.2. The Morgan fingerprint density at radius 1 is 0.784 bits per heavy atom. The standard InChI is InChI=1S/C25H38N4O8/c1-34-22(30)10-8-20(24(32)36-3)28-14-12-26-13-15-29(17-19-7-5-6-18(16-28)27-19)21(25(33)37-4)9-11-23(31)35-2/h5-7,20-21,26H,8-17H2,1-4H3/t20-,21-/m1/s1. The van der Waals surface area contributed by atoms with Gasteiger partial charge < -0.3 is 24.3 Å². The number of nitrogens with zero attached hydrogens (tertiary/aromatic N) is 3. The van der Waals surface area contributed by atoms with Crippen LogP contribution in [0.15, 0.2) is 18.2 Å². The van der Waals surface area contributed by atoms with Crippen molar-refractivity contribution in [3.05, 3.63) is 29.6 Å². The van der Waals surface area contributed by atoms with E-state index in [0.717, 1.165) is 11.4 Å². The zero-order valence-corrected chi connectivity index (χ0v) is 22.1. The summed E-state index contributed by atoms with van der Waals surface area (Å²) in [7, 11) is 5.28. The fraction of sp³-hybridized carbons (Fsp3) is 0.640. The van der Waals surface area contributed by atoms with Crippen LogP contribution in [0.3, 0.4) is 0 Å². The highest BCUT2D eigenvalue weighted by atomic mass is 16.5. The number of pyridine rings is 1. The second-order valence-electron chi connectivity index (χ2n) is 8.62. The van der Waals surface area contributed by atoms with Gasteiger partial charge in [-0.3, -0.25) is 34.0 Å². The number of carbonyl (C=O) groups is 4. The molecule has 0 fully saturated rings. The molecule has 2 rings (SSSR count). The molecule has 0 aromatic carbocycles. The van der Waals surface area contributed by atoms with E-state index in [1.807, 2.05) is 28.0 Å². The quantitative estimate of drug-likeness (QED) is 0.334. The number of ether oxygens (including phenoxy) is 4. The molecule has 0 unspecified atom stereocenters. The van der Waals surface area contributed by atoms with E-state index in [1.54, 1.807) is 0 Å². The number of nitrogens with one attached hydrogen (secondary N) is 1. The maximum absolute atomic E-state index is 12.6. The van der Waals surface area contributed by atoms with Crippen LogP contribution >= 0.6 is 0 Å². The predicted octanol–water partition coefficient (Wildman–Crippen LogP) is 0.278. The van der Waals surface area contributed by atoms with Crippen molar-refractivity contribution in [2.75, 3.05) is 54.6 Å². The summed E-state index contributed by atoms with van der Waals surface area (Å²) in [5.41, 5.74) is 1.46. The van der Waals surface area contributed by atoms with Crippen molar-refractivity contribution in [1.82, 2.24) is 20.1 Å². The number of esters is 4. The molecule has 1 aromatic heterocycles. The first-order valence-corrected chi connectivity index (χ1v) is 12.3. The van der Waals surface area contributed by atoms with Gasteiger partial charge in [-0.05, 0) is 25.0 Å². The van der Waals surface area contributed by atoms with Crippen molar-refractivity contribution in [3.63, 3.8) is 0 Å². The fourth-order valence-electron chi connectivity index (χ4n) is 4.27. The molecule has 0 saturated heterocycles. The van der Waals surface area contributed by atoms with E-state index >= 15 is 0 Å². The Kier molecular flexibility index (Phi) is 12.9. The van der Waals surface area contributed by atoms with E-state index < -0.39 is 36.0 Å².